The molecule has 0 aliphatic carbocycles. The topological polar surface area (TPSA) is 26.3 Å². The molecule has 3 heteroatoms. The SMILES string of the molecule is C=CC(=O)OCC[Si](CC(=C)C)(CC(=C)C)CC(=C)C. The molecule has 0 aromatic heterocycles. The van der Waals surface area contributed by atoms with Gasteiger partial charge in [-0.3, -0.25) is 0 Å². The molecule has 0 amide bonds. The van der Waals surface area contributed by atoms with Gasteiger partial charge < -0.3 is 4.74 Å². The smallest absolute Gasteiger partial charge is 0.330 e. The first-order chi connectivity index (χ1) is 9.20. The Morgan fingerprint density at radius 3 is 1.70 bits per heavy atom. The minimum Gasteiger partial charge on any atom is -0.463 e. The first-order valence-corrected chi connectivity index (χ1v) is 9.76. The van der Waals surface area contributed by atoms with Crippen LogP contribution < -0.4 is 0 Å². The monoisotopic (exact) mass is 292 g/mol. The van der Waals surface area contributed by atoms with Gasteiger partial charge in [-0.1, -0.05) is 23.3 Å². The molecule has 0 aliphatic heterocycles. The van der Waals surface area contributed by atoms with Gasteiger partial charge in [0.25, 0.3) is 0 Å². The first-order valence-electron chi connectivity index (χ1n) is 6.93. The molecule has 0 saturated carbocycles. The molecule has 112 valence electrons. The van der Waals surface area contributed by atoms with E-state index in [1.165, 1.54) is 22.8 Å². The third-order valence-electron chi connectivity index (χ3n) is 3.07. The fourth-order valence-electron chi connectivity index (χ4n) is 2.80. The molecular formula is C17H28O2Si. The number of hydrogen-bond donors (Lipinski definition) is 0. The molecule has 0 aromatic rings. The van der Waals surface area contributed by atoms with Crippen molar-refractivity contribution in [1.29, 1.82) is 0 Å². The highest BCUT2D eigenvalue weighted by atomic mass is 28.3. The van der Waals surface area contributed by atoms with Crippen LogP contribution in [0.4, 0.5) is 0 Å². The third kappa shape index (κ3) is 7.95. The van der Waals surface area contributed by atoms with Crippen molar-refractivity contribution in [2.24, 2.45) is 0 Å². The summed E-state index contributed by atoms with van der Waals surface area (Å²) in [6.45, 7) is 22.3. The van der Waals surface area contributed by atoms with Crippen molar-refractivity contribution in [3.8, 4) is 0 Å². The molecule has 0 N–H and O–H groups in total. The number of hydrogen-bond acceptors (Lipinski definition) is 2. The molecule has 0 saturated heterocycles. The Morgan fingerprint density at radius 1 is 1.00 bits per heavy atom. The summed E-state index contributed by atoms with van der Waals surface area (Å²) in [7, 11) is -1.67. The largest absolute Gasteiger partial charge is 0.463 e. The van der Waals surface area contributed by atoms with Crippen molar-refractivity contribution in [2.75, 3.05) is 6.61 Å². The predicted molar refractivity (Wildman–Crippen MR) is 90.6 cm³/mol. The second kappa shape index (κ2) is 8.75. The zero-order valence-corrected chi connectivity index (χ0v) is 14.3. The van der Waals surface area contributed by atoms with Gasteiger partial charge in [-0.15, -0.1) is 19.7 Å². The van der Waals surface area contributed by atoms with Crippen LogP contribution in [0.15, 0.2) is 49.1 Å². The Balaban J connectivity index is 4.98. The van der Waals surface area contributed by atoms with Gasteiger partial charge in [-0.2, -0.15) is 0 Å². The van der Waals surface area contributed by atoms with E-state index in [-0.39, 0.29) is 5.97 Å². The maximum Gasteiger partial charge on any atom is 0.330 e. The van der Waals surface area contributed by atoms with Crippen LogP contribution in [0.1, 0.15) is 20.8 Å². The lowest BCUT2D eigenvalue weighted by Crippen LogP contribution is -2.36. The van der Waals surface area contributed by atoms with Gasteiger partial charge in [0.2, 0.25) is 0 Å². The van der Waals surface area contributed by atoms with Crippen molar-refractivity contribution in [3.63, 3.8) is 0 Å². The van der Waals surface area contributed by atoms with Crippen molar-refractivity contribution in [3.05, 3.63) is 49.1 Å². The molecule has 2 nitrogen and oxygen atoms in total. The maximum atomic E-state index is 11.2. The average molecular weight is 292 g/mol. The van der Waals surface area contributed by atoms with E-state index in [0.717, 1.165) is 24.2 Å². The Bertz CT molecular complexity index is 366. The Morgan fingerprint density at radius 2 is 1.40 bits per heavy atom. The van der Waals surface area contributed by atoms with Crippen LogP contribution in [0.2, 0.25) is 24.2 Å². The summed E-state index contributed by atoms with van der Waals surface area (Å²) in [6, 6.07) is 3.99. The minimum atomic E-state index is -1.67. The first kappa shape index (κ1) is 18.6. The Labute approximate surface area is 124 Å². The number of rotatable bonds is 10. The van der Waals surface area contributed by atoms with E-state index < -0.39 is 8.07 Å². The highest BCUT2D eigenvalue weighted by Gasteiger charge is 2.32. The van der Waals surface area contributed by atoms with Gasteiger partial charge in [-0.25, -0.2) is 4.79 Å². The lowest BCUT2D eigenvalue weighted by molar-refractivity contribution is -0.137. The quantitative estimate of drug-likeness (QED) is 0.248. The molecule has 0 spiro atoms. The number of carbonyl (C=O) groups excluding carboxylic acids is 1. The predicted octanol–water partition coefficient (Wildman–Crippen LogP) is 4.89. The minimum absolute atomic E-state index is 0.353. The summed E-state index contributed by atoms with van der Waals surface area (Å²) < 4.78 is 5.18. The molecule has 0 aliphatic rings. The number of allylic oxidation sites excluding steroid dienone is 3. The van der Waals surface area contributed by atoms with E-state index in [2.05, 4.69) is 47.1 Å². The van der Waals surface area contributed by atoms with Gasteiger partial charge in [0.1, 0.15) is 0 Å². The van der Waals surface area contributed by atoms with E-state index >= 15 is 0 Å². The van der Waals surface area contributed by atoms with Gasteiger partial charge in [-0.05, 0) is 44.9 Å². The standard InChI is InChI=1S/C17H28O2Si/c1-8-17(18)19-9-10-20(11-14(2)3,12-15(4)5)13-16(6)7/h8H,1-2,4,6,9-13H2,3,5,7H3. The molecule has 0 radical (unpaired) electrons. The summed E-state index contributed by atoms with van der Waals surface area (Å²) in [5.41, 5.74) is 3.57. The van der Waals surface area contributed by atoms with Gasteiger partial charge >= 0.3 is 5.97 Å². The van der Waals surface area contributed by atoms with Crippen LogP contribution in [0.5, 0.6) is 0 Å². The number of ether oxygens (including phenoxy) is 1. The zero-order chi connectivity index (χ0) is 15.8. The van der Waals surface area contributed by atoms with Crippen molar-refractivity contribution >= 4 is 14.0 Å². The Hall–Kier alpha value is -1.35. The zero-order valence-electron chi connectivity index (χ0n) is 13.3. The van der Waals surface area contributed by atoms with Crippen LogP contribution in [0, 0.1) is 0 Å². The summed E-state index contributed by atoms with van der Waals surface area (Å²) in [5, 5.41) is 0. The maximum absolute atomic E-state index is 11.2. The van der Waals surface area contributed by atoms with E-state index in [1.807, 2.05) is 0 Å². The molecular weight excluding hydrogens is 264 g/mol. The number of esters is 1. The lowest BCUT2D eigenvalue weighted by Gasteiger charge is -2.32. The van der Waals surface area contributed by atoms with Crippen LogP contribution in [0.25, 0.3) is 0 Å². The molecule has 0 atom stereocenters. The highest BCUT2D eigenvalue weighted by Crippen LogP contribution is 2.34. The summed E-state index contributed by atoms with van der Waals surface area (Å²) in [6.07, 6.45) is 1.21. The third-order valence-corrected chi connectivity index (χ3v) is 8.40. The molecule has 0 rings (SSSR count). The molecule has 0 aromatic carbocycles. The fraction of sp³-hybridized carbons (Fsp3) is 0.471. The van der Waals surface area contributed by atoms with Gasteiger partial charge in [0.15, 0.2) is 0 Å². The molecule has 0 unspecified atom stereocenters. The summed E-state index contributed by atoms with van der Waals surface area (Å²) in [4.78, 5) is 11.2. The molecule has 20 heavy (non-hydrogen) atoms. The highest BCUT2D eigenvalue weighted by molar-refractivity contribution is 6.81. The average Bonchev–Trinajstić information content (AvgIpc) is 2.25. The lowest BCUT2D eigenvalue weighted by atomic mass is 10.4. The van der Waals surface area contributed by atoms with E-state index in [9.17, 15) is 4.79 Å². The second-order valence-electron chi connectivity index (χ2n) is 6.02. The normalized spacial score (nSPS) is 10.8. The molecule has 0 heterocycles. The van der Waals surface area contributed by atoms with E-state index in [4.69, 9.17) is 4.74 Å². The Kier molecular flexibility index (Phi) is 8.15. The van der Waals surface area contributed by atoms with E-state index in [0.29, 0.717) is 6.61 Å². The van der Waals surface area contributed by atoms with Crippen molar-refractivity contribution in [2.45, 2.75) is 44.9 Å². The van der Waals surface area contributed by atoms with Crippen molar-refractivity contribution < 1.29 is 9.53 Å². The molecule has 0 fully saturated rings. The summed E-state index contributed by atoms with van der Waals surface area (Å²) >= 11 is 0. The van der Waals surface area contributed by atoms with Crippen LogP contribution in [0.3, 0.4) is 0 Å². The van der Waals surface area contributed by atoms with Crippen LogP contribution >= 0.6 is 0 Å². The van der Waals surface area contributed by atoms with Crippen molar-refractivity contribution in [1.82, 2.24) is 0 Å². The van der Waals surface area contributed by atoms with E-state index in [1.54, 1.807) is 0 Å². The second-order valence-corrected chi connectivity index (χ2v) is 10.6. The van der Waals surface area contributed by atoms with Gasteiger partial charge in [0.05, 0.1) is 14.7 Å². The van der Waals surface area contributed by atoms with Crippen LogP contribution in [-0.4, -0.2) is 20.7 Å². The molecule has 0 bridgehead atoms. The van der Waals surface area contributed by atoms with Gasteiger partial charge in [0, 0.05) is 6.08 Å². The fourth-order valence-corrected chi connectivity index (χ4v) is 8.08. The van der Waals surface area contributed by atoms with Crippen LogP contribution in [-0.2, 0) is 9.53 Å². The number of carbonyl (C=O) groups is 1. The summed E-state index contributed by atoms with van der Waals surface area (Å²) in [5.74, 6) is -0.353.